The first kappa shape index (κ1) is 15.9. The van der Waals surface area contributed by atoms with Crippen molar-refractivity contribution in [1.29, 1.82) is 0 Å². The largest absolute Gasteiger partial charge is 0.342 e. The van der Waals surface area contributed by atoms with Crippen LogP contribution in [-0.2, 0) is 16.1 Å². The fourth-order valence-corrected chi connectivity index (χ4v) is 3.31. The van der Waals surface area contributed by atoms with Crippen molar-refractivity contribution in [3.63, 3.8) is 0 Å². The van der Waals surface area contributed by atoms with Crippen LogP contribution in [0.1, 0.15) is 38.4 Å². The molecule has 0 spiro atoms. The van der Waals surface area contributed by atoms with Gasteiger partial charge < -0.3 is 10.2 Å². The zero-order valence-electron chi connectivity index (χ0n) is 13.2. The molecule has 5 nitrogen and oxygen atoms in total. The minimum absolute atomic E-state index is 0.00560. The van der Waals surface area contributed by atoms with Gasteiger partial charge in [-0.15, -0.1) is 11.3 Å². The van der Waals surface area contributed by atoms with E-state index in [4.69, 9.17) is 0 Å². The van der Waals surface area contributed by atoms with Gasteiger partial charge in [-0.2, -0.15) is 0 Å². The van der Waals surface area contributed by atoms with Crippen LogP contribution < -0.4 is 5.32 Å². The van der Waals surface area contributed by atoms with Gasteiger partial charge >= 0.3 is 0 Å². The number of piperazine rings is 1. The topological polar surface area (TPSA) is 62.3 Å². The Morgan fingerprint density at radius 1 is 1.29 bits per heavy atom. The molecule has 2 unspecified atom stereocenters. The Morgan fingerprint density at radius 3 is 2.43 bits per heavy atom. The number of rotatable bonds is 4. The number of carbonyl (C=O) groups is 2. The molecule has 6 heteroatoms. The average Bonchev–Trinajstić information content (AvgIpc) is 2.78. The molecule has 1 fully saturated rings. The molecular weight excluding hydrogens is 286 g/mol. The highest BCUT2D eigenvalue weighted by molar-refractivity contribution is 7.09. The number of nitrogens with one attached hydrogen (secondary N) is 1. The predicted molar refractivity (Wildman–Crippen MR) is 82.8 cm³/mol. The summed E-state index contributed by atoms with van der Waals surface area (Å²) in [6.07, 6.45) is 0. The van der Waals surface area contributed by atoms with Gasteiger partial charge in [0.05, 0.1) is 17.2 Å². The lowest BCUT2D eigenvalue weighted by Crippen LogP contribution is -2.65. The molecule has 1 aliphatic rings. The molecule has 1 aromatic rings. The molecule has 2 heterocycles. The summed E-state index contributed by atoms with van der Waals surface area (Å²) >= 11 is 1.56. The third kappa shape index (κ3) is 3.26. The Morgan fingerprint density at radius 2 is 1.95 bits per heavy atom. The van der Waals surface area contributed by atoms with E-state index >= 15 is 0 Å². The van der Waals surface area contributed by atoms with Crippen LogP contribution in [-0.4, -0.2) is 33.8 Å². The van der Waals surface area contributed by atoms with E-state index in [-0.39, 0.29) is 23.7 Å². The summed E-state index contributed by atoms with van der Waals surface area (Å²) in [5.41, 5.74) is 0.855. The first-order valence-electron chi connectivity index (χ1n) is 7.33. The molecule has 21 heavy (non-hydrogen) atoms. The minimum atomic E-state index is -0.438. The van der Waals surface area contributed by atoms with Crippen LogP contribution in [0, 0.1) is 18.8 Å². The summed E-state index contributed by atoms with van der Waals surface area (Å²) < 4.78 is 0. The molecule has 116 valence electrons. The number of hydrogen-bond donors (Lipinski definition) is 1. The number of aromatic nitrogens is 1. The van der Waals surface area contributed by atoms with Crippen molar-refractivity contribution in [3.8, 4) is 0 Å². The van der Waals surface area contributed by atoms with Crippen LogP contribution >= 0.6 is 11.3 Å². The summed E-state index contributed by atoms with van der Waals surface area (Å²) in [5, 5.41) is 5.80. The predicted octanol–water partition coefficient (Wildman–Crippen LogP) is 1.96. The standard InChI is InChI=1S/C15H23N3O2S/c1-8(2)12-15(20)18(6-11-7-21-10(5)16-11)13(9(3)4)14(19)17-12/h7-9,12-13H,6H2,1-5H3,(H,17,19). The monoisotopic (exact) mass is 309 g/mol. The molecule has 2 rings (SSSR count). The van der Waals surface area contributed by atoms with Crippen LogP contribution in [0.15, 0.2) is 5.38 Å². The van der Waals surface area contributed by atoms with E-state index in [2.05, 4.69) is 10.3 Å². The van der Waals surface area contributed by atoms with Crippen molar-refractivity contribution < 1.29 is 9.59 Å². The SMILES string of the molecule is Cc1nc(CN2C(=O)C(C(C)C)NC(=O)C2C(C)C)cs1. The third-order valence-electron chi connectivity index (χ3n) is 3.75. The van der Waals surface area contributed by atoms with Crippen molar-refractivity contribution in [2.24, 2.45) is 11.8 Å². The van der Waals surface area contributed by atoms with Gasteiger partial charge in [0, 0.05) is 5.38 Å². The lowest BCUT2D eigenvalue weighted by molar-refractivity contribution is -0.153. The molecule has 1 saturated heterocycles. The van der Waals surface area contributed by atoms with Crippen molar-refractivity contribution in [3.05, 3.63) is 16.1 Å². The number of thiazole rings is 1. The van der Waals surface area contributed by atoms with Gasteiger partial charge in [0.15, 0.2) is 0 Å². The van der Waals surface area contributed by atoms with Gasteiger partial charge in [-0.25, -0.2) is 4.98 Å². The molecule has 0 aliphatic carbocycles. The maximum atomic E-state index is 12.7. The Labute approximate surface area is 129 Å². The first-order chi connectivity index (χ1) is 9.81. The van der Waals surface area contributed by atoms with E-state index in [0.717, 1.165) is 10.7 Å². The maximum Gasteiger partial charge on any atom is 0.246 e. The zero-order chi connectivity index (χ0) is 15.7. The Balaban J connectivity index is 2.29. The molecule has 0 saturated carbocycles. The van der Waals surface area contributed by atoms with Gasteiger partial charge in [0.2, 0.25) is 11.8 Å². The lowest BCUT2D eigenvalue weighted by Gasteiger charge is -2.41. The van der Waals surface area contributed by atoms with Crippen LogP contribution in [0.4, 0.5) is 0 Å². The maximum absolute atomic E-state index is 12.7. The van der Waals surface area contributed by atoms with Crippen LogP contribution in [0.2, 0.25) is 0 Å². The van der Waals surface area contributed by atoms with E-state index in [1.54, 1.807) is 16.2 Å². The summed E-state index contributed by atoms with van der Waals surface area (Å²) in [6, 6.07) is -0.860. The summed E-state index contributed by atoms with van der Waals surface area (Å²) in [5.74, 6) is 0.0835. The van der Waals surface area contributed by atoms with E-state index in [1.165, 1.54) is 0 Å². The number of hydrogen-bond acceptors (Lipinski definition) is 4. The summed E-state index contributed by atoms with van der Waals surface area (Å²) in [6.45, 7) is 10.2. The van der Waals surface area contributed by atoms with E-state index < -0.39 is 12.1 Å². The second kappa shape index (κ2) is 6.13. The minimum Gasteiger partial charge on any atom is -0.342 e. The van der Waals surface area contributed by atoms with Gasteiger partial charge in [0.25, 0.3) is 0 Å². The number of nitrogens with zero attached hydrogens (tertiary/aromatic N) is 2. The molecule has 2 atom stereocenters. The van der Waals surface area contributed by atoms with Crippen LogP contribution in [0.5, 0.6) is 0 Å². The highest BCUT2D eigenvalue weighted by Gasteiger charge is 2.43. The zero-order valence-corrected chi connectivity index (χ0v) is 14.0. The van der Waals surface area contributed by atoms with Crippen molar-refractivity contribution in [2.75, 3.05) is 0 Å². The van der Waals surface area contributed by atoms with Crippen molar-refractivity contribution >= 4 is 23.2 Å². The number of aryl methyl sites for hydroxylation is 1. The molecule has 0 bridgehead atoms. The van der Waals surface area contributed by atoms with Crippen molar-refractivity contribution in [1.82, 2.24) is 15.2 Å². The van der Waals surface area contributed by atoms with Crippen molar-refractivity contribution in [2.45, 2.75) is 53.2 Å². The van der Waals surface area contributed by atoms with Crippen LogP contribution in [0.3, 0.4) is 0 Å². The second-order valence-electron chi connectivity index (χ2n) is 6.24. The van der Waals surface area contributed by atoms with Gasteiger partial charge in [-0.1, -0.05) is 27.7 Å². The Hall–Kier alpha value is -1.43. The van der Waals surface area contributed by atoms with Gasteiger partial charge in [-0.05, 0) is 18.8 Å². The fourth-order valence-electron chi connectivity index (χ4n) is 2.70. The third-order valence-corrected chi connectivity index (χ3v) is 4.57. The molecule has 2 amide bonds. The molecule has 0 radical (unpaired) electrons. The fraction of sp³-hybridized carbons (Fsp3) is 0.667. The second-order valence-corrected chi connectivity index (χ2v) is 7.31. The lowest BCUT2D eigenvalue weighted by atomic mass is 9.93. The van der Waals surface area contributed by atoms with E-state index in [1.807, 2.05) is 40.0 Å². The highest BCUT2D eigenvalue weighted by Crippen LogP contribution is 2.23. The van der Waals surface area contributed by atoms with Crippen LogP contribution in [0.25, 0.3) is 0 Å². The van der Waals surface area contributed by atoms with E-state index in [9.17, 15) is 9.59 Å². The van der Waals surface area contributed by atoms with Gasteiger partial charge in [0.1, 0.15) is 12.1 Å². The van der Waals surface area contributed by atoms with E-state index in [0.29, 0.717) is 6.54 Å². The normalized spacial score (nSPS) is 23.1. The van der Waals surface area contributed by atoms with Gasteiger partial charge in [-0.3, -0.25) is 9.59 Å². The highest BCUT2D eigenvalue weighted by atomic mass is 32.1. The molecule has 1 N–H and O–H groups in total. The molecule has 1 aromatic heterocycles. The average molecular weight is 309 g/mol. The summed E-state index contributed by atoms with van der Waals surface area (Å²) in [7, 11) is 0. The first-order valence-corrected chi connectivity index (χ1v) is 8.21. The number of carbonyl (C=O) groups excluding carboxylic acids is 2. The molecular formula is C15H23N3O2S. The summed E-state index contributed by atoms with van der Waals surface area (Å²) in [4.78, 5) is 31.2. The Kier molecular flexibility index (Phi) is 4.66. The smallest absolute Gasteiger partial charge is 0.246 e. The number of amides is 2. The Bertz CT molecular complexity index is 539. The molecule has 1 aliphatic heterocycles. The molecule has 0 aromatic carbocycles. The quantitative estimate of drug-likeness (QED) is 0.925.